The Morgan fingerprint density at radius 2 is 2.12 bits per heavy atom. The number of rotatable bonds is 4. The van der Waals surface area contributed by atoms with Crippen LogP contribution in [-0.4, -0.2) is 31.1 Å². The molecule has 0 spiro atoms. The first kappa shape index (κ1) is 12.5. The van der Waals surface area contributed by atoms with Crippen LogP contribution in [0.2, 0.25) is 0 Å². The van der Waals surface area contributed by atoms with E-state index in [1.807, 2.05) is 12.1 Å². The first-order valence-corrected chi connectivity index (χ1v) is 6.51. The van der Waals surface area contributed by atoms with Gasteiger partial charge in [-0.3, -0.25) is 4.90 Å². The van der Waals surface area contributed by atoms with Gasteiger partial charge in [0.05, 0.1) is 0 Å². The maximum Gasteiger partial charge on any atom is 0.123 e. The molecular formula is C14H21FN2. The summed E-state index contributed by atoms with van der Waals surface area (Å²) in [6, 6.07) is 7.44. The third kappa shape index (κ3) is 3.27. The molecule has 0 aliphatic carbocycles. The third-order valence-corrected chi connectivity index (χ3v) is 3.39. The Hall–Kier alpha value is -0.930. The summed E-state index contributed by atoms with van der Waals surface area (Å²) in [5.74, 6) is -0.126. The lowest BCUT2D eigenvalue weighted by Crippen LogP contribution is -2.45. The van der Waals surface area contributed by atoms with E-state index >= 15 is 0 Å². The smallest absolute Gasteiger partial charge is 0.123 e. The van der Waals surface area contributed by atoms with Crippen LogP contribution >= 0.6 is 0 Å². The van der Waals surface area contributed by atoms with Crippen molar-refractivity contribution in [2.24, 2.45) is 0 Å². The van der Waals surface area contributed by atoms with Gasteiger partial charge in [0.1, 0.15) is 5.82 Å². The van der Waals surface area contributed by atoms with E-state index in [4.69, 9.17) is 0 Å². The second-order valence-electron chi connectivity index (χ2n) is 4.65. The normalized spacial score (nSPS) is 19.2. The van der Waals surface area contributed by atoms with E-state index in [0.29, 0.717) is 6.04 Å². The van der Waals surface area contributed by atoms with E-state index in [1.54, 1.807) is 6.07 Å². The fourth-order valence-corrected chi connectivity index (χ4v) is 2.54. The molecule has 2 nitrogen and oxygen atoms in total. The van der Waals surface area contributed by atoms with E-state index < -0.39 is 0 Å². The summed E-state index contributed by atoms with van der Waals surface area (Å²) >= 11 is 0. The summed E-state index contributed by atoms with van der Waals surface area (Å²) in [6.45, 7) is 6.38. The second-order valence-corrected chi connectivity index (χ2v) is 4.65. The Balaban J connectivity index is 2.15. The number of benzene rings is 1. The van der Waals surface area contributed by atoms with Gasteiger partial charge in [0.25, 0.3) is 0 Å². The number of halogens is 1. The molecule has 1 aliphatic rings. The third-order valence-electron chi connectivity index (χ3n) is 3.39. The van der Waals surface area contributed by atoms with Crippen LogP contribution in [0.4, 0.5) is 4.39 Å². The molecule has 1 aliphatic heterocycles. The van der Waals surface area contributed by atoms with Crippen molar-refractivity contribution in [1.82, 2.24) is 10.2 Å². The van der Waals surface area contributed by atoms with Gasteiger partial charge in [0.2, 0.25) is 0 Å². The minimum absolute atomic E-state index is 0.126. The highest BCUT2D eigenvalue weighted by Gasteiger charge is 2.21. The van der Waals surface area contributed by atoms with Gasteiger partial charge in [0.15, 0.2) is 0 Å². The van der Waals surface area contributed by atoms with Crippen LogP contribution in [0.1, 0.15) is 31.4 Å². The Morgan fingerprint density at radius 1 is 1.35 bits per heavy atom. The molecule has 0 saturated carbocycles. The van der Waals surface area contributed by atoms with Crippen LogP contribution in [-0.2, 0) is 0 Å². The molecule has 0 unspecified atom stereocenters. The zero-order valence-electron chi connectivity index (χ0n) is 10.5. The highest BCUT2D eigenvalue weighted by Crippen LogP contribution is 2.26. The summed E-state index contributed by atoms with van der Waals surface area (Å²) in [4.78, 5) is 2.47. The van der Waals surface area contributed by atoms with Crippen LogP contribution in [0.3, 0.4) is 0 Å². The summed E-state index contributed by atoms with van der Waals surface area (Å²) in [5, 5.41) is 3.36. The maximum absolute atomic E-state index is 13.3. The first-order chi connectivity index (χ1) is 8.31. The van der Waals surface area contributed by atoms with E-state index in [0.717, 1.165) is 44.6 Å². The van der Waals surface area contributed by atoms with Gasteiger partial charge < -0.3 is 5.32 Å². The van der Waals surface area contributed by atoms with Crippen molar-refractivity contribution in [2.75, 3.05) is 26.2 Å². The monoisotopic (exact) mass is 236 g/mol. The lowest BCUT2D eigenvalue weighted by Gasteiger charge is -2.35. The maximum atomic E-state index is 13.3. The molecular weight excluding hydrogens is 215 g/mol. The Morgan fingerprint density at radius 3 is 2.76 bits per heavy atom. The molecule has 17 heavy (non-hydrogen) atoms. The number of nitrogens with one attached hydrogen (secondary N) is 1. The molecule has 0 amide bonds. The standard InChI is InChI=1S/C14H21FN2/c1-2-4-14(17-9-7-16-8-10-17)12-5-3-6-13(15)11-12/h3,5-6,11,14,16H,2,4,7-10H2,1H3/t14-/m1/s1. The fourth-order valence-electron chi connectivity index (χ4n) is 2.54. The number of nitrogens with zero attached hydrogens (tertiary/aromatic N) is 1. The van der Waals surface area contributed by atoms with Gasteiger partial charge >= 0.3 is 0 Å². The summed E-state index contributed by atoms with van der Waals surface area (Å²) in [6.07, 6.45) is 2.23. The van der Waals surface area contributed by atoms with Gasteiger partial charge in [-0.2, -0.15) is 0 Å². The summed E-state index contributed by atoms with van der Waals surface area (Å²) in [5.41, 5.74) is 1.12. The zero-order chi connectivity index (χ0) is 12.1. The minimum atomic E-state index is -0.126. The average Bonchev–Trinajstić information content (AvgIpc) is 2.37. The lowest BCUT2D eigenvalue weighted by atomic mass is 10.00. The van der Waals surface area contributed by atoms with Crippen LogP contribution in [0, 0.1) is 5.82 Å². The highest BCUT2D eigenvalue weighted by molar-refractivity contribution is 5.20. The van der Waals surface area contributed by atoms with Crippen LogP contribution < -0.4 is 5.32 Å². The number of hydrogen-bond donors (Lipinski definition) is 1. The fraction of sp³-hybridized carbons (Fsp3) is 0.571. The number of piperazine rings is 1. The van der Waals surface area contributed by atoms with Gasteiger partial charge in [0, 0.05) is 32.2 Å². The summed E-state index contributed by atoms with van der Waals surface area (Å²) in [7, 11) is 0. The van der Waals surface area contributed by atoms with Crippen molar-refractivity contribution in [2.45, 2.75) is 25.8 Å². The van der Waals surface area contributed by atoms with Crippen molar-refractivity contribution in [3.05, 3.63) is 35.6 Å². The molecule has 2 rings (SSSR count). The summed E-state index contributed by atoms with van der Waals surface area (Å²) < 4.78 is 13.3. The molecule has 1 atom stereocenters. The van der Waals surface area contributed by atoms with Crippen LogP contribution in [0.5, 0.6) is 0 Å². The van der Waals surface area contributed by atoms with Crippen molar-refractivity contribution in [3.8, 4) is 0 Å². The van der Waals surface area contributed by atoms with E-state index in [1.165, 1.54) is 6.07 Å². The molecule has 3 heteroatoms. The van der Waals surface area contributed by atoms with Crippen molar-refractivity contribution < 1.29 is 4.39 Å². The topological polar surface area (TPSA) is 15.3 Å². The lowest BCUT2D eigenvalue weighted by molar-refractivity contribution is 0.164. The van der Waals surface area contributed by atoms with Crippen LogP contribution in [0.15, 0.2) is 24.3 Å². The van der Waals surface area contributed by atoms with Gasteiger partial charge in [-0.25, -0.2) is 4.39 Å². The van der Waals surface area contributed by atoms with Gasteiger partial charge in [-0.05, 0) is 24.1 Å². The van der Waals surface area contributed by atoms with E-state index in [2.05, 4.69) is 17.1 Å². The van der Waals surface area contributed by atoms with Crippen LogP contribution in [0.25, 0.3) is 0 Å². The molecule has 1 saturated heterocycles. The molecule has 0 radical (unpaired) electrons. The quantitative estimate of drug-likeness (QED) is 0.864. The van der Waals surface area contributed by atoms with Gasteiger partial charge in [-0.1, -0.05) is 25.5 Å². The highest BCUT2D eigenvalue weighted by atomic mass is 19.1. The molecule has 0 bridgehead atoms. The predicted octanol–water partition coefficient (Wildman–Crippen LogP) is 2.57. The average molecular weight is 236 g/mol. The predicted molar refractivity (Wildman–Crippen MR) is 68.5 cm³/mol. The Kier molecular flexibility index (Phi) is 4.51. The minimum Gasteiger partial charge on any atom is -0.314 e. The van der Waals surface area contributed by atoms with Gasteiger partial charge in [-0.15, -0.1) is 0 Å². The van der Waals surface area contributed by atoms with Crippen molar-refractivity contribution in [1.29, 1.82) is 0 Å². The van der Waals surface area contributed by atoms with Crippen molar-refractivity contribution in [3.63, 3.8) is 0 Å². The molecule has 94 valence electrons. The molecule has 1 heterocycles. The first-order valence-electron chi connectivity index (χ1n) is 6.51. The zero-order valence-corrected chi connectivity index (χ0v) is 10.5. The Bertz CT molecular complexity index is 348. The van der Waals surface area contributed by atoms with E-state index in [-0.39, 0.29) is 5.82 Å². The second kappa shape index (κ2) is 6.12. The van der Waals surface area contributed by atoms with Crippen molar-refractivity contribution >= 4 is 0 Å². The number of hydrogen-bond acceptors (Lipinski definition) is 2. The Labute approximate surface area is 103 Å². The molecule has 1 aromatic carbocycles. The molecule has 0 aromatic heterocycles. The van der Waals surface area contributed by atoms with E-state index in [9.17, 15) is 4.39 Å². The SMILES string of the molecule is CCC[C@H](c1cccc(F)c1)N1CCNCC1. The molecule has 1 N–H and O–H groups in total. The molecule has 1 fully saturated rings. The molecule has 1 aromatic rings. The largest absolute Gasteiger partial charge is 0.314 e.